The summed E-state index contributed by atoms with van der Waals surface area (Å²) in [4.78, 5) is 37.2. The van der Waals surface area contributed by atoms with Crippen LogP contribution in [0.15, 0.2) is 59.5 Å². The van der Waals surface area contributed by atoms with E-state index in [2.05, 4.69) is 20.0 Å². The van der Waals surface area contributed by atoms with E-state index in [0.29, 0.717) is 33.8 Å². The van der Waals surface area contributed by atoms with E-state index in [1.807, 2.05) is 0 Å². The van der Waals surface area contributed by atoms with Crippen LogP contribution >= 0.6 is 11.6 Å². The number of rotatable bonds is 8. The van der Waals surface area contributed by atoms with Gasteiger partial charge in [-0.25, -0.2) is 9.97 Å². The topological polar surface area (TPSA) is 89.3 Å². The summed E-state index contributed by atoms with van der Waals surface area (Å²) in [6.45, 7) is 3.64. The first-order chi connectivity index (χ1) is 18.8. The van der Waals surface area contributed by atoms with Crippen LogP contribution < -0.4 is 15.6 Å². The molecule has 0 bridgehead atoms. The van der Waals surface area contributed by atoms with E-state index < -0.39 is 17.8 Å². The molecule has 0 saturated carbocycles. The maximum Gasteiger partial charge on any atom is 0.573 e. The molecule has 2 heterocycles. The zero-order valence-electron chi connectivity index (χ0n) is 22.2. The number of alkyl halides is 3. The Morgan fingerprint density at radius 2 is 1.85 bits per heavy atom. The second-order valence-corrected chi connectivity index (χ2v) is 10.2. The van der Waals surface area contributed by atoms with Gasteiger partial charge in [0.15, 0.2) is 5.65 Å². The Kier molecular flexibility index (Phi) is 8.45. The fourth-order valence-electron chi connectivity index (χ4n) is 4.25. The van der Waals surface area contributed by atoms with Crippen molar-refractivity contribution < 1.29 is 22.7 Å². The number of halogens is 4. The maximum atomic E-state index is 13.8. The average Bonchev–Trinajstić information content (AvgIpc) is 2.83. The minimum Gasteiger partial charge on any atom is -0.406 e. The quantitative estimate of drug-likeness (QED) is 0.309. The first-order valence-electron chi connectivity index (χ1n) is 12.3. The van der Waals surface area contributed by atoms with Crippen LogP contribution in [0.25, 0.3) is 33.5 Å². The second-order valence-electron chi connectivity index (χ2n) is 9.81. The average molecular weight is 574 g/mol. The normalized spacial score (nSPS) is 11.8. The number of hydrogen-bond acceptors (Lipinski definition) is 6. The van der Waals surface area contributed by atoms with Crippen LogP contribution in [-0.2, 0) is 17.9 Å². The number of nitrogens with zero attached hydrogens (tertiary/aromatic N) is 4. The summed E-state index contributed by atoms with van der Waals surface area (Å²) < 4.78 is 44.5. The number of benzene rings is 2. The third kappa shape index (κ3) is 7.16. The molecule has 1 amide bonds. The van der Waals surface area contributed by atoms with Gasteiger partial charge in [-0.2, -0.15) is 0 Å². The fourth-order valence-corrected chi connectivity index (χ4v) is 4.44. The molecule has 0 radical (unpaired) electrons. The highest BCUT2D eigenvalue weighted by molar-refractivity contribution is 6.30. The maximum absolute atomic E-state index is 13.8. The predicted octanol–water partition coefficient (Wildman–Crippen LogP) is 5.26. The van der Waals surface area contributed by atoms with Gasteiger partial charge in [-0.15, -0.1) is 13.2 Å². The lowest BCUT2D eigenvalue weighted by Gasteiger charge is -2.16. The van der Waals surface area contributed by atoms with Crippen LogP contribution in [0.3, 0.4) is 0 Å². The highest BCUT2D eigenvalue weighted by atomic mass is 35.5. The molecule has 0 atom stereocenters. The van der Waals surface area contributed by atoms with Crippen LogP contribution in [0.1, 0.15) is 19.4 Å². The van der Waals surface area contributed by atoms with Gasteiger partial charge in [0, 0.05) is 34.9 Å². The molecule has 0 aliphatic rings. The molecule has 2 aromatic carbocycles. The summed E-state index contributed by atoms with van der Waals surface area (Å²) >= 11 is 6.17. The molecule has 0 fully saturated rings. The molecule has 4 aromatic rings. The molecule has 0 spiro atoms. The number of aromatic nitrogens is 3. The molecule has 210 valence electrons. The molecule has 8 nitrogen and oxygen atoms in total. The molecule has 40 heavy (non-hydrogen) atoms. The Balaban J connectivity index is 1.89. The number of pyridine rings is 1. The lowest BCUT2D eigenvalue weighted by Crippen LogP contribution is -2.37. The molecule has 0 saturated heterocycles. The molecule has 4 rings (SSSR count). The number of fused-ring (bicyclic) bond motifs is 1. The van der Waals surface area contributed by atoms with Crippen LogP contribution in [0, 0.1) is 0 Å². The van der Waals surface area contributed by atoms with E-state index in [0.717, 1.165) is 0 Å². The van der Waals surface area contributed by atoms with Crippen molar-refractivity contribution in [3.05, 3.63) is 75.7 Å². The molecule has 0 aliphatic carbocycles. The van der Waals surface area contributed by atoms with Crippen molar-refractivity contribution in [3.8, 4) is 28.3 Å². The standard InChI is InChI=1S/C28H27ClF3N5O3/c1-16(2)34-24(38)15-37-26(18-6-5-7-21(29)10-18)35-25-23(27(37)39)12-20(13-33-25)19-8-17(14-36(3)4)9-22(11-19)40-28(30,31)32/h5-13,16H,14-15H2,1-4H3,(H,34,38). The smallest absolute Gasteiger partial charge is 0.406 e. The van der Waals surface area contributed by atoms with Gasteiger partial charge >= 0.3 is 6.36 Å². The summed E-state index contributed by atoms with van der Waals surface area (Å²) in [5.41, 5.74) is 1.41. The van der Waals surface area contributed by atoms with Crippen molar-refractivity contribution in [3.63, 3.8) is 0 Å². The Labute approximate surface area is 233 Å². The summed E-state index contributed by atoms with van der Waals surface area (Å²) in [6.07, 6.45) is -3.45. The van der Waals surface area contributed by atoms with Crippen molar-refractivity contribution in [2.75, 3.05) is 14.1 Å². The monoisotopic (exact) mass is 573 g/mol. The van der Waals surface area contributed by atoms with Crippen molar-refractivity contribution >= 4 is 28.5 Å². The lowest BCUT2D eigenvalue weighted by atomic mass is 10.0. The SMILES string of the molecule is CC(C)NC(=O)Cn1c(-c2cccc(Cl)c2)nc2ncc(-c3cc(CN(C)C)cc(OC(F)(F)F)c3)cc2c1=O. The van der Waals surface area contributed by atoms with Gasteiger partial charge in [-0.1, -0.05) is 23.7 Å². The first-order valence-corrected chi connectivity index (χ1v) is 12.7. The number of carbonyl (C=O) groups excluding carboxylic acids is 1. The number of ether oxygens (including phenoxy) is 1. The van der Waals surface area contributed by atoms with Crippen LogP contribution in [0.4, 0.5) is 13.2 Å². The summed E-state index contributed by atoms with van der Waals surface area (Å²) in [7, 11) is 3.57. The van der Waals surface area contributed by atoms with Crippen LogP contribution in [0.2, 0.25) is 5.02 Å². The molecule has 0 unspecified atom stereocenters. The third-order valence-electron chi connectivity index (χ3n) is 5.68. The molecule has 1 N–H and O–H groups in total. The zero-order valence-corrected chi connectivity index (χ0v) is 23.0. The van der Waals surface area contributed by atoms with Crippen molar-refractivity contribution in [1.29, 1.82) is 0 Å². The largest absolute Gasteiger partial charge is 0.573 e. The summed E-state index contributed by atoms with van der Waals surface area (Å²) in [6, 6.07) is 12.3. The van der Waals surface area contributed by atoms with E-state index in [1.165, 1.54) is 29.0 Å². The Hall–Kier alpha value is -3.96. The van der Waals surface area contributed by atoms with Gasteiger partial charge in [0.25, 0.3) is 5.56 Å². The van der Waals surface area contributed by atoms with Gasteiger partial charge in [-0.3, -0.25) is 14.2 Å². The van der Waals surface area contributed by atoms with E-state index in [4.69, 9.17) is 11.6 Å². The van der Waals surface area contributed by atoms with Gasteiger partial charge in [-0.05, 0) is 75.5 Å². The summed E-state index contributed by atoms with van der Waals surface area (Å²) in [5, 5.41) is 3.28. The van der Waals surface area contributed by atoms with Gasteiger partial charge < -0.3 is 15.0 Å². The Morgan fingerprint density at radius 1 is 1.10 bits per heavy atom. The number of carbonyl (C=O) groups is 1. The molecule has 12 heteroatoms. The lowest BCUT2D eigenvalue weighted by molar-refractivity contribution is -0.274. The third-order valence-corrected chi connectivity index (χ3v) is 5.91. The van der Waals surface area contributed by atoms with E-state index >= 15 is 0 Å². The van der Waals surface area contributed by atoms with Crippen LogP contribution in [0.5, 0.6) is 5.75 Å². The number of hydrogen-bond donors (Lipinski definition) is 1. The van der Waals surface area contributed by atoms with Crippen molar-refractivity contribution in [2.45, 2.75) is 39.3 Å². The van der Waals surface area contributed by atoms with Gasteiger partial charge in [0.1, 0.15) is 18.1 Å². The van der Waals surface area contributed by atoms with E-state index in [9.17, 15) is 22.8 Å². The van der Waals surface area contributed by atoms with Crippen LogP contribution in [-0.4, -0.2) is 51.8 Å². The van der Waals surface area contributed by atoms with Crippen molar-refractivity contribution in [2.24, 2.45) is 0 Å². The number of amides is 1. The summed E-state index contributed by atoms with van der Waals surface area (Å²) in [5.74, 6) is -0.580. The fraction of sp³-hybridized carbons (Fsp3) is 0.286. The van der Waals surface area contributed by atoms with E-state index in [1.54, 1.807) is 63.2 Å². The molecular weight excluding hydrogens is 547 g/mol. The first kappa shape index (κ1) is 29.0. The minimum atomic E-state index is -4.87. The predicted molar refractivity (Wildman–Crippen MR) is 147 cm³/mol. The van der Waals surface area contributed by atoms with Gasteiger partial charge in [0.05, 0.1) is 5.39 Å². The highest BCUT2D eigenvalue weighted by Gasteiger charge is 2.31. The zero-order chi connectivity index (χ0) is 29.2. The highest BCUT2D eigenvalue weighted by Crippen LogP contribution is 2.31. The van der Waals surface area contributed by atoms with Crippen molar-refractivity contribution in [1.82, 2.24) is 24.8 Å². The molecular formula is C28H27ClF3N5O3. The molecule has 0 aliphatic heterocycles. The Morgan fingerprint density at radius 3 is 2.50 bits per heavy atom. The Bertz CT molecular complexity index is 1620. The number of nitrogens with one attached hydrogen (secondary N) is 1. The second kappa shape index (κ2) is 11.6. The minimum absolute atomic E-state index is 0.0944. The van der Waals surface area contributed by atoms with Gasteiger partial charge in [0.2, 0.25) is 5.91 Å². The van der Waals surface area contributed by atoms with E-state index in [-0.39, 0.29) is 35.2 Å². The molecule has 2 aromatic heterocycles.